The second kappa shape index (κ2) is 8.60. The van der Waals surface area contributed by atoms with Crippen LogP contribution in [0.2, 0.25) is 0 Å². The normalized spacial score (nSPS) is 18.4. The van der Waals surface area contributed by atoms with Gasteiger partial charge in [0.15, 0.2) is 0 Å². The average molecular weight is 331 g/mol. The van der Waals surface area contributed by atoms with Crippen LogP contribution in [0.1, 0.15) is 71.8 Å². The van der Waals surface area contributed by atoms with E-state index >= 15 is 0 Å². The molecule has 2 heteroatoms. The smallest absolute Gasteiger partial charge is 0.283 e. The minimum absolute atomic E-state index is 0.439. The molecule has 1 aromatic rings. The van der Waals surface area contributed by atoms with Gasteiger partial charge in [0.2, 0.25) is 0 Å². The Morgan fingerprint density at radius 1 is 1.08 bits per heavy atom. The predicted octanol–water partition coefficient (Wildman–Crippen LogP) is 6.50. The fourth-order valence-electron chi connectivity index (χ4n) is 3.62. The Hall–Kier alpha value is -1.44. The SMILES string of the molecule is CCCc1ccc(OC(OC)=C2CCC(C(C)(C)CC)CC2)cc1. The van der Waals surface area contributed by atoms with E-state index in [-0.39, 0.29) is 0 Å². The van der Waals surface area contributed by atoms with Gasteiger partial charge in [-0.2, -0.15) is 0 Å². The summed E-state index contributed by atoms with van der Waals surface area (Å²) in [6, 6.07) is 8.40. The first-order valence-corrected chi connectivity index (χ1v) is 9.53. The van der Waals surface area contributed by atoms with Crippen molar-refractivity contribution in [1.29, 1.82) is 0 Å². The van der Waals surface area contributed by atoms with Gasteiger partial charge >= 0.3 is 0 Å². The van der Waals surface area contributed by atoms with Crippen molar-refractivity contribution in [3.05, 3.63) is 41.3 Å². The number of ether oxygens (including phenoxy) is 2. The maximum absolute atomic E-state index is 6.04. The molecule has 0 N–H and O–H groups in total. The third-order valence-electron chi connectivity index (χ3n) is 5.75. The third-order valence-corrected chi connectivity index (χ3v) is 5.75. The molecule has 1 aromatic carbocycles. The molecule has 2 rings (SSSR count). The molecule has 1 fully saturated rings. The third kappa shape index (κ3) is 4.78. The monoisotopic (exact) mass is 330 g/mol. The molecule has 0 saturated heterocycles. The van der Waals surface area contributed by atoms with Gasteiger partial charge in [0.25, 0.3) is 5.95 Å². The van der Waals surface area contributed by atoms with Crippen LogP contribution in [0.5, 0.6) is 5.75 Å². The van der Waals surface area contributed by atoms with E-state index in [2.05, 4.69) is 52.0 Å². The average Bonchev–Trinajstić information content (AvgIpc) is 2.61. The molecule has 0 amide bonds. The Morgan fingerprint density at radius 3 is 2.21 bits per heavy atom. The van der Waals surface area contributed by atoms with Crippen molar-refractivity contribution in [2.24, 2.45) is 11.3 Å². The van der Waals surface area contributed by atoms with Crippen molar-refractivity contribution < 1.29 is 9.47 Å². The Balaban J connectivity index is 2.01. The van der Waals surface area contributed by atoms with Crippen LogP contribution >= 0.6 is 0 Å². The summed E-state index contributed by atoms with van der Waals surface area (Å²) in [7, 11) is 1.72. The Kier molecular flexibility index (Phi) is 6.77. The first-order valence-electron chi connectivity index (χ1n) is 9.53. The van der Waals surface area contributed by atoms with E-state index in [0.29, 0.717) is 11.4 Å². The number of rotatable bonds is 7. The highest BCUT2D eigenvalue weighted by molar-refractivity contribution is 5.29. The number of methoxy groups -OCH3 is 1. The summed E-state index contributed by atoms with van der Waals surface area (Å²) >= 11 is 0. The number of allylic oxidation sites excluding steroid dienone is 1. The zero-order valence-electron chi connectivity index (χ0n) is 16.2. The zero-order chi connectivity index (χ0) is 17.6. The first kappa shape index (κ1) is 18.9. The van der Waals surface area contributed by atoms with Gasteiger partial charge < -0.3 is 9.47 Å². The highest BCUT2D eigenvalue weighted by Gasteiger charge is 2.31. The lowest BCUT2D eigenvalue weighted by atomic mass is 9.69. The van der Waals surface area contributed by atoms with Crippen molar-refractivity contribution in [2.75, 3.05) is 7.11 Å². The van der Waals surface area contributed by atoms with Gasteiger partial charge in [-0.25, -0.2) is 0 Å². The van der Waals surface area contributed by atoms with Gasteiger partial charge in [0, 0.05) is 5.57 Å². The lowest BCUT2D eigenvalue weighted by Gasteiger charge is -2.37. The molecule has 0 spiro atoms. The molecule has 0 heterocycles. The molecule has 1 saturated carbocycles. The molecular weight excluding hydrogens is 296 g/mol. The summed E-state index contributed by atoms with van der Waals surface area (Å²) in [6.07, 6.45) is 8.18. The minimum atomic E-state index is 0.439. The van der Waals surface area contributed by atoms with E-state index in [1.165, 1.54) is 36.8 Å². The molecule has 1 aliphatic carbocycles. The molecule has 0 atom stereocenters. The molecule has 24 heavy (non-hydrogen) atoms. The predicted molar refractivity (Wildman–Crippen MR) is 101 cm³/mol. The summed E-state index contributed by atoms with van der Waals surface area (Å²) < 4.78 is 11.6. The first-order chi connectivity index (χ1) is 11.5. The van der Waals surface area contributed by atoms with Crippen LogP contribution in [-0.4, -0.2) is 7.11 Å². The molecule has 1 aliphatic rings. The number of hydrogen-bond donors (Lipinski definition) is 0. The second-order valence-corrected chi connectivity index (χ2v) is 7.71. The van der Waals surface area contributed by atoms with E-state index in [4.69, 9.17) is 9.47 Å². The van der Waals surface area contributed by atoms with Gasteiger partial charge in [-0.05, 0) is 61.1 Å². The quantitative estimate of drug-likeness (QED) is 0.531. The number of benzene rings is 1. The highest BCUT2D eigenvalue weighted by atomic mass is 16.7. The summed E-state index contributed by atoms with van der Waals surface area (Å²) in [6.45, 7) is 9.31. The van der Waals surface area contributed by atoms with E-state index in [1.807, 2.05) is 0 Å². The molecule has 134 valence electrons. The van der Waals surface area contributed by atoms with Gasteiger partial charge in [0.05, 0.1) is 7.11 Å². The summed E-state index contributed by atoms with van der Waals surface area (Å²) in [4.78, 5) is 0. The number of hydrogen-bond acceptors (Lipinski definition) is 2. The fraction of sp³-hybridized carbons (Fsp3) is 0.636. The Morgan fingerprint density at radius 2 is 1.71 bits per heavy atom. The molecule has 0 aliphatic heterocycles. The molecule has 0 bridgehead atoms. The summed E-state index contributed by atoms with van der Waals surface area (Å²) in [5.41, 5.74) is 3.13. The Labute approximate surface area is 148 Å². The largest absolute Gasteiger partial charge is 0.469 e. The Bertz CT molecular complexity index is 530. The second-order valence-electron chi connectivity index (χ2n) is 7.71. The van der Waals surface area contributed by atoms with Gasteiger partial charge in [0.1, 0.15) is 5.75 Å². The van der Waals surface area contributed by atoms with Gasteiger partial charge in [-0.3, -0.25) is 0 Å². The van der Waals surface area contributed by atoms with Crippen molar-refractivity contribution in [3.8, 4) is 5.75 Å². The molecule has 0 radical (unpaired) electrons. The van der Waals surface area contributed by atoms with Crippen molar-refractivity contribution in [1.82, 2.24) is 0 Å². The zero-order valence-corrected chi connectivity index (χ0v) is 16.2. The van der Waals surface area contributed by atoms with Crippen LogP contribution in [0.3, 0.4) is 0 Å². The maximum atomic E-state index is 6.04. The van der Waals surface area contributed by atoms with Crippen molar-refractivity contribution >= 4 is 0 Å². The number of aryl methyl sites for hydroxylation is 1. The van der Waals surface area contributed by atoms with E-state index in [1.54, 1.807) is 7.11 Å². The van der Waals surface area contributed by atoms with Crippen LogP contribution in [0.15, 0.2) is 35.8 Å². The van der Waals surface area contributed by atoms with Crippen LogP contribution in [0.4, 0.5) is 0 Å². The standard InChI is InChI=1S/C22H34O2/c1-6-8-17-9-15-20(16-10-17)24-21(23-5)18-11-13-19(14-12-18)22(3,4)7-2/h9-10,15-16,19H,6-8,11-14H2,1-5H3. The van der Waals surface area contributed by atoms with Crippen LogP contribution in [0.25, 0.3) is 0 Å². The molecule has 0 aromatic heterocycles. The van der Waals surface area contributed by atoms with Gasteiger partial charge in [-0.15, -0.1) is 0 Å². The highest BCUT2D eigenvalue weighted by Crippen LogP contribution is 2.42. The van der Waals surface area contributed by atoms with Gasteiger partial charge in [-0.1, -0.05) is 52.7 Å². The summed E-state index contributed by atoms with van der Waals surface area (Å²) in [5, 5.41) is 0. The lowest BCUT2D eigenvalue weighted by Crippen LogP contribution is -2.26. The summed E-state index contributed by atoms with van der Waals surface area (Å²) in [5.74, 6) is 2.39. The molecule has 2 nitrogen and oxygen atoms in total. The lowest BCUT2D eigenvalue weighted by molar-refractivity contribution is 0.128. The minimum Gasteiger partial charge on any atom is -0.469 e. The topological polar surface area (TPSA) is 18.5 Å². The van der Waals surface area contributed by atoms with Crippen molar-refractivity contribution in [2.45, 2.75) is 72.6 Å². The van der Waals surface area contributed by atoms with E-state index < -0.39 is 0 Å². The van der Waals surface area contributed by atoms with E-state index in [0.717, 1.165) is 30.9 Å². The van der Waals surface area contributed by atoms with Crippen LogP contribution in [-0.2, 0) is 11.2 Å². The molecular formula is C22H34O2. The molecule has 0 unspecified atom stereocenters. The van der Waals surface area contributed by atoms with Crippen molar-refractivity contribution in [3.63, 3.8) is 0 Å². The fourth-order valence-corrected chi connectivity index (χ4v) is 3.62. The maximum Gasteiger partial charge on any atom is 0.283 e. The van der Waals surface area contributed by atoms with Crippen LogP contribution in [0, 0.1) is 11.3 Å². The van der Waals surface area contributed by atoms with E-state index in [9.17, 15) is 0 Å². The van der Waals surface area contributed by atoms with Crippen LogP contribution < -0.4 is 4.74 Å².